The van der Waals surface area contributed by atoms with Crippen molar-refractivity contribution in [1.82, 2.24) is 19.5 Å². The van der Waals surface area contributed by atoms with E-state index in [1.807, 2.05) is 18.7 Å². The average molecular weight is 785 g/mol. The number of phosphoric acid groups is 1. The van der Waals surface area contributed by atoms with E-state index in [9.17, 15) is 38.6 Å². The Balaban J connectivity index is 0.00000507. The third kappa shape index (κ3) is 9.13. The zero-order valence-corrected chi connectivity index (χ0v) is 33.8. The fourth-order valence-electron chi connectivity index (χ4n) is 3.40. The van der Waals surface area contributed by atoms with Crippen LogP contribution < -0.4 is 108 Å². The number of ether oxygens (including phenoxy) is 1. The van der Waals surface area contributed by atoms with Gasteiger partial charge in [-0.15, -0.1) is 0 Å². The summed E-state index contributed by atoms with van der Waals surface area (Å²) < 4.78 is 47.2. The molecule has 3 heterocycles. The topological polar surface area (TPSA) is 256 Å². The molecule has 2 aromatic rings. The van der Waals surface area contributed by atoms with Gasteiger partial charge in [-0.3, -0.25) is 13.4 Å². The molecule has 0 amide bonds. The average Bonchev–Trinajstić information content (AvgIpc) is 3.33. The van der Waals surface area contributed by atoms with Crippen LogP contribution in [-0.2, 0) is 27.3 Å². The van der Waals surface area contributed by atoms with Crippen LogP contribution in [0.5, 0.6) is 0 Å². The van der Waals surface area contributed by atoms with E-state index in [1.165, 1.54) is 17.2 Å². The van der Waals surface area contributed by atoms with Crippen molar-refractivity contribution in [2.45, 2.75) is 41.1 Å². The van der Waals surface area contributed by atoms with Crippen molar-refractivity contribution >= 4 is 71.9 Å². The number of phosphoric ester groups is 1. The summed E-state index contributed by atoms with van der Waals surface area (Å²) in [6, 6.07) is 0. The Morgan fingerprint density at radius 2 is 1.65 bits per heavy atom. The Labute approximate surface area is 311 Å². The van der Waals surface area contributed by atoms with E-state index in [0.717, 1.165) is 0 Å². The molecule has 40 heavy (non-hydrogen) atoms. The molecule has 0 aliphatic carbocycles. The summed E-state index contributed by atoms with van der Waals surface area (Å²) in [6.07, 6.45) is -3.58. The molecule has 2 aromatic heterocycles. The number of fused-ring (bicyclic) bond motifs is 1. The van der Waals surface area contributed by atoms with Crippen molar-refractivity contribution in [2.24, 2.45) is 0 Å². The van der Waals surface area contributed by atoms with E-state index in [-0.39, 0.29) is 94.3 Å². The van der Waals surface area contributed by atoms with Crippen LogP contribution in [0.3, 0.4) is 0 Å². The Morgan fingerprint density at radius 1 is 1.07 bits per heavy atom. The summed E-state index contributed by atoms with van der Waals surface area (Å²) in [5.74, 6) is 0.522. The van der Waals surface area contributed by atoms with Gasteiger partial charge in [0.25, 0.3) is 7.82 Å². The molecule has 1 aliphatic rings. The first-order valence-electron chi connectivity index (χ1n) is 10.3. The van der Waals surface area contributed by atoms with E-state index >= 15 is 0 Å². The quantitative estimate of drug-likeness (QED) is 0.109. The third-order valence-corrected chi connectivity index (χ3v) is 15.5. The molecule has 0 radical (unpaired) electrons. The smallest absolute Gasteiger partial charge is 0.777 e. The van der Waals surface area contributed by atoms with Gasteiger partial charge in [0, 0.05) is 13.1 Å². The van der Waals surface area contributed by atoms with Crippen LogP contribution in [0.4, 0.5) is 5.82 Å². The number of aliphatic hydroxyl groups is 2. The predicted molar refractivity (Wildman–Crippen MR) is 127 cm³/mol. The van der Waals surface area contributed by atoms with Crippen LogP contribution in [0.1, 0.15) is 20.1 Å². The molecule has 0 spiro atoms. The van der Waals surface area contributed by atoms with Gasteiger partial charge >= 0.3 is 88.7 Å². The van der Waals surface area contributed by atoms with Gasteiger partial charge < -0.3 is 53.1 Å². The summed E-state index contributed by atoms with van der Waals surface area (Å²) in [4.78, 5) is 59.0. The fourth-order valence-corrected chi connectivity index (χ4v) is 8.10. The SMILES string of the molecule is CCN(CC)c1ncnc2c1ncn2[C@@H]1O[C@H](COP(=O)([O-])OP(=O)([O-])C(Br)(Br)P(=O)([O-])O)C(O)[C@@H]1O.[Na+].[Na+].[Na+]. The zero-order chi connectivity index (χ0) is 28.0. The second-order valence-electron chi connectivity index (χ2n) is 7.59. The number of aromatic nitrogens is 4. The maximum atomic E-state index is 12.1. The number of imidazole rings is 1. The van der Waals surface area contributed by atoms with Crippen LogP contribution in [0.2, 0.25) is 0 Å². The van der Waals surface area contributed by atoms with E-state index in [0.29, 0.717) is 24.4 Å². The summed E-state index contributed by atoms with van der Waals surface area (Å²) in [7, 11) is -17.5. The maximum Gasteiger partial charge on any atom is 1.00 e. The number of hydrogen-bond donors (Lipinski definition) is 3. The Hall–Kier alpha value is 2.64. The van der Waals surface area contributed by atoms with Gasteiger partial charge in [0.2, 0.25) is 2.72 Å². The van der Waals surface area contributed by atoms with Gasteiger partial charge in [0.05, 0.1) is 12.9 Å². The second-order valence-corrected chi connectivity index (χ2v) is 19.0. The first-order valence-corrected chi connectivity index (χ1v) is 16.5. The minimum absolute atomic E-state index is 0. The van der Waals surface area contributed by atoms with E-state index in [4.69, 9.17) is 9.63 Å². The van der Waals surface area contributed by atoms with Gasteiger partial charge in [0.15, 0.2) is 38.4 Å². The minimum atomic E-state index is -5.95. The van der Waals surface area contributed by atoms with E-state index in [2.05, 4.69) is 55.6 Å². The number of anilines is 1. The van der Waals surface area contributed by atoms with Gasteiger partial charge in [-0.2, -0.15) is 0 Å². The van der Waals surface area contributed by atoms with Crippen molar-refractivity contribution < 1.29 is 146 Å². The molecule has 3 rings (SSSR count). The molecule has 3 N–H and O–H groups in total. The largest absolute Gasteiger partial charge is 1.00 e. The summed E-state index contributed by atoms with van der Waals surface area (Å²) >= 11 is 4.28. The first kappa shape index (κ1) is 42.6. The molecule has 1 aliphatic heterocycles. The Morgan fingerprint density at radius 3 is 2.17 bits per heavy atom. The van der Waals surface area contributed by atoms with Gasteiger partial charge in [0.1, 0.15) is 24.6 Å². The predicted octanol–water partition coefficient (Wildman–Crippen LogP) is -9.69. The van der Waals surface area contributed by atoms with Crippen LogP contribution in [0, 0.1) is 0 Å². The summed E-state index contributed by atoms with van der Waals surface area (Å²) in [6.45, 7) is 4.05. The molecule has 0 bridgehead atoms. The van der Waals surface area contributed by atoms with Crippen LogP contribution >= 0.6 is 54.9 Å². The number of alkyl halides is 2. The Kier molecular flexibility index (Phi) is 17.5. The van der Waals surface area contributed by atoms with Crippen molar-refractivity contribution in [3.8, 4) is 0 Å². The van der Waals surface area contributed by atoms with Crippen LogP contribution in [0.15, 0.2) is 12.7 Å². The maximum absolute atomic E-state index is 12.1. The monoisotopic (exact) mass is 783 g/mol. The molecule has 0 saturated carbocycles. The molecule has 17 nitrogen and oxygen atoms in total. The van der Waals surface area contributed by atoms with Crippen LogP contribution in [-0.4, -0.2) is 75.3 Å². The number of hydrogen-bond acceptors (Lipinski definition) is 15. The molecule has 1 fully saturated rings. The van der Waals surface area contributed by atoms with Gasteiger partial charge in [-0.1, -0.05) is 31.9 Å². The molecule has 4 unspecified atom stereocenters. The first-order chi connectivity index (χ1) is 17.0. The zero-order valence-electron chi connectivity index (χ0n) is 21.9. The van der Waals surface area contributed by atoms with Crippen molar-refractivity contribution in [1.29, 1.82) is 0 Å². The number of aliphatic hydroxyl groups excluding tert-OH is 2. The number of halogens is 2. The molecular formula is C15H21Br2N5Na3O12P3. The molecule has 210 valence electrons. The summed E-state index contributed by atoms with van der Waals surface area (Å²) in [5, 5.41) is 20.9. The fraction of sp³-hybridized carbons (Fsp3) is 0.667. The molecule has 25 heteroatoms. The minimum Gasteiger partial charge on any atom is -0.777 e. The normalized spacial score (nSPS) is 25.4. The second kappa shape index (κ2) is 16.5. The number of nitrogens with zero attached hydrogens (tertiary/aromatic N) is 5. The molecular weight excluding hydrogens is 764 g/mol. The summed E-state index contributed by atoms with van der Waals surface area (Å²) in [5.41, 5.74) is 0.629. The van der Waals surface area contributed by atoms with Gasteiger partial charge in [-0.25, -0.2) is 15.0 Å². The molecule has 0 aromatic carbocycles. The number of rotatable bonds is 11. The van der Waals surface area contributed by atoms with E-state index in [1.54, 1.807) is 0 Å². The van der Waals surface area contributed by atoms with Crippen molar-refractivity contribution in [3.05, 3.63) is 12.7 Å². The molecule has 1 saturated heterocycles. The standard InChI is InChI=1S/C15H24Br2N5O12P3.3Na/c1-3-21(4-2)12-9-13(19-6-18-12)22(7-20-9)14-11(24)10(23)8(33-14)5-32-37(30,31)34-36(28,29)15(16,17)35(25,26)27;;;/h6-8,10-11,14,23-24H,3-5H2,1-2H3,(H,28,29)(H,30,31)(H2,25,26,27);;;/q;3*+1/p-3/t8-,10?,11+,14-;;;/m1.../s1. The Bertz CT molecular complexity index is 1290. The van der Waals surface area contributed by atoms with Crippen molar-refractivity contribution in [2.75, 3.05) is 24.6 Å². The third-order valence-electron chi connectivity index (χ3n) is 5.29. The van der Waals surface area contributed by atoms with Crippen molar-refractivity contribution in [3.63, 3.8) is 0 Å². The molecule has 7 atom stereocenters. The van der Waals surface area contributed by atoms with Crippen LogP contribution in [0.25, 0.3) is 11.2 Å². The van der Waals surface area contributed by atoms with E-state index < -0.39 is 56.9 Å². The van der Waals surface area contributed by atoms with Gasteiger partial charge in [-0.05, 0) is 13.8 Å².